The first-order chi connectivity index (χ1) is 14.0. The van der Waals surface area contributed by atoms with Crippen molar-refractivity contribution in [1.82, 2.24) is 25.1 Å². The second-order valence-corrected chi connectivity index (χ2v) is 7.68. The van der Waals surface area contributed by atoms with Crippen molar-refractivity contribution in [2.75, 3.05) is 18.0 Å². The Morgan fingerprint density at radius 1 is 1.17 bits per heavy atom. The molecule has 1 fully saturated rings. The summed E-state index contributed by atoms with van der Waals surface area (Å²) in [4.78, 5) is 20.5. The van der Waals surface area contributed by atoms with Crippen LogP contribution in [-0.2, 0) is 6.42 Å². The van der Waals surface area contributed by atoms with E-state index >= 15 is 0 Å². The molecule has 0 unspecified atom stereocenters. The number of rotatable bonds is 4. The summed E-state index contributed by atoms with van der Waals surface area (Å²) in [5.74, 6) is 1.47. The Labute approximate surface area is 170 Å². The van der Waals surface area contributed by atoms with E-state index in [2.05, 4.69) is 31.9 Å². The molecule has 29 heavy (non-hydrogen) atoms. The van der Waals surface area contributed by atoms with Crippen molar-refractivity contribution in [2.24, 2.45) is 5.92 Å². The van der Waals surface area contributed by atoms with Crippen molar-refractivity contribution in [3.05, 3.63) is 35.5 Å². The van der Waals surface area contributed by atoms with E-state index in [0.717, 1.165) is 28.9 Å². The molecule has 4 heterocycles. The molecule has 0 aromatic carbocycles. The smallest absolute Gasteiger partial charge is 0.225 e. The molecule has 1 aliphatic rings. The van der Waals surface area contributed by atoms with Gasteiger partial charge >= 0.3 is 0 Å². The number of hydrogen-bond donors (Lipinski definition) is 1. The Hall–Kier alpha value is -2.87. The van der Waals surface area contributed by atoms with Gasteiger partial charge in [-0.15, -0.1) is 0 Å². The maximum atomic E-state index is 10.0. The summed E-state index contributed by atoms with van der Waals surface area (Å²) in [6.45, 7) is 9.38. The highest BCUT2D eigenvalue weighted by molar-refractivity contribution is 5.78. The van der Waals surface area contributed by atoms with Crippen LogP contribution in [0.2, 0.25) is 0 Å². The molecule has 1 saturated heterocycles. The molecule has 8 heteroatoms. The van der Waals surface area contributed by atoms with Gasteiger partial charge in [-0.3, -0.25) is 9.97 Å². The lowest BCUT2D eigenvalue weighted by Crippen LogP contribution is -2.42. The number of anilines is 1. The Morgan fingerprint density at radius 2 is 2.00 bits per heavy atom. The standard InChI is InChI=1S/C21H26N6O2/c1-5-15-14(4)26-29-20(15)16-9-24-21(27-7-6-18(28)12(2)11-27)25-19(16)17-10-22-13(3)8-23-17/h8-10,12,18,28H,5-7,11H2,1-4H3/t12-,18+/m1/s1. The number of aliphatic hydroxyl groups is 1. The molecule has 3 aromatic rings. The van der Waals surface area contributed by atoms with Crippen LogP contribution in [0.15, 0.2) is 23.1 Å². The van der Waals surface area contributed by atoms with Crippen molar-refractivity contribution in [1.29, 1.82) is 0 Å². The monoisotopic (exact) mass is 394 g/mol. The molecule has 0 radical (unpaired) electrons. The zero-order chi connectivity index (χ0) is 20.5. The van der Waals surface area contributed by atoms with Crippen LogP contribution in [0.4, 0.5) is 5.95 Å². The van der Waals surface area contributed by atoms with E-state index in [1.54, 1.807) is 18.6 Å². The van der Waals surface area contributed by atoms with E-state index in [9.17, 15) is 5.11 Å². The highest BCUT2D eigenvalue weighted by Crippen LogP contribution is 2.34. The average molecular weight is 394 g/mol. The second kappa shape index (κ2) is 7.87. The van der Waals surface area contributed by atoms with Crippen LogP contribution in [0.25, 0.3) is 22.7 Å². The van der Waals surface area contributed by atoms with E-state index in [4.69, 9.17) is 9.51 Å². The van der Waals surface area contributed by atoms with Gasteiger partial charge in [0.1, 0.15) is 11.4 Å². The molecule has 0 bridgehead atoms. The van der Waals surface area contributed by atoms with Crippen molar-refractivity contribution in [2.45, 2.75) is 46.6 Å². The van der Waals surface area contributed by atoms with Gasteiger partial charge in [0, 0.05) is 31.0 Å². The normalized spacial score (nSPS) is 19.6. The third-order valence-electron chi connectivity index (χ3n) is 5.53. The topological polar surface area (TPSA) is 101 Å². The van der Waals surface area contributed by atoms with Gasteiger partial charge in [-0.1, -0.05) is 19.0 Å². The fourth-order valence-electron chi connectivity index (χ4n) is 3.73. The van der Waals surface area contributed by atoms with Crippen LogP contribution in [0.3, 0.4) is 0 Å². The largest absolute Gasteiger partial charge is 0.393 e. The fraction of sp³-hybridized carbons (Fsp3) is 0.476. The maximum Gasteiger partial charge on any atom is 0.225 e. The van der Waals surface area contributed by atoms with E-state index in [0.29, 0.717) is 42.6 Å². The Bertz CT molecular complexity index is 1000. The molecule has 152 valence electrons. The summed E-state index contributed by atoms with van der Waals surface area (Å²) < 4.78 is 5.65. The molecule has 0 amide bonds. The van der Waals surface area contributed by atoms with Gasteiger partial charge in [0.2, 0.25) is 5.95 Å². The predicted molar refractivity (Wildman–Crippen MR) is 109 cm³/mol. The minimum atomic E-state index is -0.280. The molecular formula is C21H26N6O2. The zero-order valence-electron chi connectivity index (χ0n) is 17.3. The molecule has 3 aromatic heterocycles. The minimum absolute atomic E-state index is 0.165. The highest BCUT2D eigenvalue weighted by Gasteiger charge is 2.27. The van der Waals surface area contributed by atoms with Crippen molar-refractivity contribution in [3.63, 3.8) is 0 Å². The van der Waals surface area contributed by atoms with E-state index in [-0.39, 0.29) is 12.0 Å². The predicted octanol–water partition coefficient (Wildman–Crippen LogP) is 2.97. The third-order valence-corrected chi connectivity index (χ3v) is 5.53. The van der Waals surface area contributed by atoms with Crippen LogP contribution in [0.1, 0.15) is 37.2 Å². The van der Waals surface area contributed by atoms with Crippen LogP contribution in [-0.4, -0.2) is 49.4 Å². The second-order valence-electron chi connectivity index (χ2n) is 7.68. The molecular weight excluding hydrogens is 368 g/mol. The number of aliphatic hydroxyl groups excluding tert-OH is 1. The van der Waals surface area contributed by atoms with Crippen LogP contribution < -0.4 is 4.90 Å². The number of aromatic nitrogens is 5. The third kappa shape index (κ3) is 3.72. The first kappa shape index (κ1) is 19.4. The summed E-state index contributed by atoms with van der Waals surface area (Å²) in [6, 6.07) is 0. The van der Waals surface area contributed by atoms with Gasteiger partial charge in [-0.2, -0.15) is 0 Å². The molecule has 1 N–H and O–H groups in total. The first-order valence-electron chi connectivity index (χ1n) is 10.0. The first-order valence-corrected chi connectivity index (χ1v) is 10.0. The van der Waals surface area contributed by atoms with E-state index in [1.165, 1.54) is 0 Å². The molecule has 4 rings (SSSR count). The molecule has 2 atom stereocenters. The molecule has 0 aliphatic carbocycles. The van der Waals surface area contributed by atoms with E-state index in [1.807, 2.05) is 20.8 Å². The average Bonchev–Trinajstić information content (AvgIpc) is 3.10. The summed E-state index contributed by atoms with van der Waals surface area (Å²) >= 11 is 0. The summed E-state index contributed by atoms with van der Waals surface area (Å²) in [5, 5.41) is 14.2. The number of nitrogens with zero attached hydrogens (tertiary/aromatic N) is 6. The van der Waals surface area contributed by atoms with Crippen molar-refractivity contribution < 1.29 is 9.63 Å². The van der Waals surface area contributed by atoms with Crippen LogP contribution in [0, 0.1) is 19.8 Å². The quantitative estimate of drug-likeness (QED) is 0.721. The van der Waals surface area contributed by atoms with Crippen molar-refractivity contribution in [3.8, 4) is 22.7 Å². The van der Waals surface area contributed by atoms with Gasteiger partial charge in [-0.25, -0.2) is 9.97 Å². The molecule has 8 nitrogen and oxygen atoms in total. The number of aryl methyl sites for hydroxylation is 2. The summed E-state index contributed by atoms with van der Waals surface area (Å²) in [5.41, 5.74) is 4.84. The number of hydrogen-bond acceptors (Lipinski definition) is 8. The van der Waals surface area contributed by atoms with Gasteiger partial charge in [-0.05, 0) is 32.6 Å². The maximum absolute atomic E-state index is 10.0. The molecule has 0 spiro atoms. The lowest BCUT2D eigenvalue weighted by atomic mass is 9.97. The SMILES string of the molecule is CCc1c(C)noc1-c1cnc(N2CC[C@H](O)[C@H](C)C2)nc1-c1cnc(C)cn1. The minimum Gasteiger partial charge on any atom is -0.393 e. The fourth-order valence-corrected chi connectivity index (χ4v) is 3.73. The van der Waals surface area contributed by atoms with Crippen molar-refractivity contribution >= 4 is 5.95 Å². The van der Waals surface area contributed by atoms with Crippen LogP contribution >= 0.6 is 0 Å². The van der Waals surface area contributed by atoms with E-state index < -0.39 is 0 Å². The lowest BCUT2D eigenvalue weighted by Gasteiger charge is -2.34. The summed E-state index contributed by atoms with van der Waals surface area (Å²) in [6.07, 6.45) is 6.46. The van der Waals surface area contributed by atoms with Gasteiger partial charge in [0.25, 0.3) is 0 Å². The molecule has 0 saturated carbocycles. The Kier molecular flexibility index (Phi) is 5.27. The summed E-state index contributed by atoms with van der Waals surface area (Å²) in [7, 11) is 0. The van der Waals surface area contributed by atoms with Gasteiger partial charge in [0.15, 0.2) is 5.76 Å². The highest BCUT2D eigenvalue weighted by atomic mass is 16.5. The Balaban J connectivity index is 1.82. The van der Waals surface area contributed by atoms with Gasteiger partial charge < -0.3 is 14.5 Å². The zero-order valence-corrected chi connectivity index (χ0v) is 17.3. The Morgan fingerprint density at radius 3 is 2.69 bits per heavy atom. The van der Waals surface area contributed by atoms with Crippen LogP contribution in [0.5, 0.6) is 0 Å². The molecule has 1 aliphatic heterocycles. The number of piperidine rings is 1. The lowest BCUT2D eigenvalue weighted by molar-refractivity contribution is 0.0966. The van der Waals surface area contributed by atoms with Gasteiger partial charge in [0.05, 0.1) is 29.3 Å².